The zero-order chi connectivity index (χ0) is 24.4. The third kappa shape index (κ3) is 4.22. The van der Waals surface area contributed by atoms with Crippen molar-refractivity contribution in [3.63, 3.8) is 0 Å². The molecule has 0 atom stereocenters. The molecule has 5 rings (SSSR count). The fourth-order valence-corrected chi connectivity index (χ4v) is 4.09. The van der Waals surface area contributed by atoms with Gasteiger partial charge >= 0.3 is 0 Å². The first kappa shape index (κ1) is 22.5. The molecule has 176 valence electrons. The Morgan fingerprint density at radius 2 is 1.74 bits per heavy atom. The van der Waals surface area contributed by atoms with Crippen LogP contribution in [0.1, 0.15) is 12.5 Å². The number of hydrogen-bond acceptors (Lipinski definition) is 7. The quantitative estimate of drug-likeness (QED) is 0.333. The van der Waals surface area contributed by atoms with E-state index in [-0.39, 0.29) is 5.82 Å². The lowest BCUT2D eigenvalue weighted by Gasteiger charge is -2.14. The minimum atomic E-state index is -0.333. The van der Waals surface area contributed by atoms with Gasteiger partial charge in [0.05, 0.1) is 31.9 Å². The lowest BCUT2D eigenvalue weighted by atomic mass is 9.94. The summed E-state index contributed by atoms with van der Waals surface area (Å²) in [6.45, 7) is 3.05. The molecular formula is C26H23FN6O2. The third-order valence-corrected chi connectivity index (χ3v) is 5.86. The molecule has 0 unspecified atom stereocenters. The Bertz CT molecular complexity index is 1500. The number of rotatable bonds is 7. The van der Waals surface area contributed by atoms with Gasteiger partial charge in [-0.3, -0.25) is 0 Å². The maximum Gasteiger partial charge on any atom is 0.233 e. The molecule has 0 aliphatic rings. The number of aryl methyl sites for hydroxylation is 1. The Hall–Kier alpha value is -4.24. The molecule has 0 spiro atoms. The highest BCUT2D eigenvalue weighted by Gasteiger charge is 2.16. The molecule has 8 nitrogen and oxygen atoms in total. The number of benzene rings is 2. The SMILES string of the molecule is CCn1cnc2c(-c3ccc(F)c(-c4ccc(-c5ccc(OC)nn5)cc4COC)c3)cnnc21. The van der Waals surface area contributed by atoms with Gasteiger partial charge in [0.25, 0.3) is 0 Å². The molecule has 0 bridgehead atoms. The van der Waals surface area contributed by atoms with Crippen LogP contribution in [0.4, 0.5) is 4.39 Å². The highest BCUT2D eigenvalue weighted by Crippen LogP contribution is 2.35. The molecule has 2 aromatic carbocycles. The zero-order valence-corrected chi connectivity index (χ0v) is 19.6. The van der Waals surface area contributed by atoms with Gasteiger partial charge in [-0.2, -0.15) is 5.10 Å². The monoisotopic (exact) mass is 470 g/mol. The Morgan fingerprint density at radius 3 is 2.49 bits per heavy atom. The first-order valence-electron chi connectivity index (χ1n) is 11.1. The molecule has 0 amide bonds. The van der Waals surface area contributed by atoms with E-state index in [9.17, 15) is 0 Å². The Balaban J connectivity index is 1.60. The predicted molar refractivity (Wildman–Crippen MR) is 130 cm³/mol. The van der Waals surface area contributed by atoms with Crippen LogP contribution in [-0.4, -0.2) is 44.2 Å². The van der Waals surface area contributed by atoms with Gasteiger partial charge in [-0.1, -0.05) is 18.2 Å². The van der Waals surface area contributed by atoms with Crippen LogP contribution in [0.5, 0.6) is 5.88 Å². The summed E-state index contributed by atoms with van der Waals surface area (Å²) in [5, 5.41) is 16.6. The van der Waals surface area contributed by atoms with E-state index in [1.165, 1.54) is 6.07 Å². The summed E-state index contributed by atoms with van der Waals surface area (Å²) in [5.41, 5.74) is 6.56. The van der Waals surface area contributed by atoms with Crippen LogP contribution in [0.2, 0.25) is 0 Å². The van der Waals surface area contributed by atoms with Crippen LogP contribution in [0, 0.1) is 5.82 Å². The molecule has 0 radical (unpaired) electrons. The van der Waals surface area contributed by atoms with Crippen LogP contribution in [0.25, 0.3) is 44.7 Å². The molecule has 3 heterocycles. The Labute approximate surface area is 201 Å². The summed E-state index contributed by atoms with van der Waals surface area (Å²) in [6.07, 6.45) is 3.40. The lowest BCUT2D eigenvalue weighted by molar-refractivity contribution is 0.185. The Morgan fingerprint density at radius 1 is 0.886 bits per heavy atom. The smallest absolute Gasteiger partial charge is 0.233 e. The van der Waals surface area contributed by atoms with Crippen LogP contribution in [0.15, 0.2) is 61.1 Å². The van der Waals surface area contributed by atoms with Crippen molar-refractivity contribution < 1.29 is 13.9 Å². The van der Waals surface area contributed by atoms with Crippen LogP contribution in [-0.2, 0) is 17.9 Å². The summed E-state index contributed by atoms with van der Waals surface area (Å²) < 4.78 is 27.6. The van der Waals surface area contributed by atoms with Crippen molar-refractivity contribution >= 4 is 11.2 Å². The summed E-state index contributed by atoms with van der Waals surface area (Å²) in [6, 6.07) is 14.3. The van der Waals surface area contributed by atoms with Crippen molar-refractivity contribution in [2.75, 3.05) is 14.2 Å². The molecule has 3 aromatic heterocycles. The molecule has 0 fully saturated rings. The fourth-order valence-electron chi connectivity index (χ4n) is 4.09. The fraction of sp³-hybridized carbons (Fsp3) is 0.192. The number of aromatic nitrogens is 6. The van der Waals surface area contributed by atoms with E-state index in [0.717, 1.165) is 39.9 Å². The van der Waals surface area contributed by atoms with E-state index in [2.05, 4.69) is 25.4 Å². The molecule has 0 saturated heterocycles. The number of imidazole rings is 1. The summed E-state index contributed by atoms with van der Waals surface area (Å²) in [4.78, 5) is 4.52. The highest BCUT2D eigenvalue weighted by atomic mass is 19.1. The predicted octanol–water partition coefficient (Wildman–Crippen LogP) is 4.93. The van der Waals surface area contributed by atoms with Gasteiger partial charge in [0.2, 0.25) is 5.88 Å². The second-order valence-corrected chi connectivity index (χ2v) is 7.92. The topological polar surface area (TPSA) is 87.8 Å². The van der Waals surface area contributed by atoms with Crippen molar-refractivity contribution in [1.82, 2.24) is 29.9 Å². The van der Waals surface area contributed by atoms with Crippen molar-refractivity contribution in [2.24, 2.45) is 0 Å². The minimum absolute atomic E-state index is 0.304. The Kier molecular flexibility index (Phi) is 6.15. The van der Waals surface area contributed by atoms with Gasteiger partial charge in [0, 0.05) is 36.4 Å². The second kappa shape index (κ2) is 9.55. The van der Waals surface area contributed by atoms with Crippen molar-refractivity contribution in [3.05, 3.63) is 72.4 Å². The van der Waals surface area contributed by atoms with E-state index < -0.39 is 0 Å². The molecular weight excluding hydrogens is 447 g/mol. The number of hydrogen-bond donors (Lipinski definition) is 0. The molecule has 35 heavy (non-hydrogen) atoms. The van der Waals surface area contributed by atoms with Gasteiger partial charge in [0.1, 0.15) is 11.3 Å². The normalized spacial score (nSPS) is 11.2. The maximum atomic E-state index is 15.1. The van der Waals surface area contributed by atoms with Gasteiger partial charge in [-0.15, -0.1) is 15.3 Å². The molecule has 0 saturated carbocycles. The lowest BCUT2D eigenvalue weighted by Crippen LogP contribution is -1.98. The number of halogens is 1. The largest absolute Gasteiger partial charge is 0.480 e. The summed E-state index contributed by atoms with van der Waals surface area (Å²) in [5.74, 6) is 0.102. The molecule has 0 aliphatic heterocycles. The van der Waals surface area contributed by atoms with E-state index in [1.54, 1.807) is 38.9 Å². The molecule has 9 heteroatoms. The van der Waals surface area contributed by atoms with E-state index >= 15 is 4.39 Å². The summed E-state index contributed by atoms with van der Waals surface area (Å²) in [7, 11) is 3.15. The van der Waals surface area contributed by atoms with E-state index in [4.69, 9.17) is 9.47 Å². The first-order valence-corrected chi connectivity index (χ1v) is 11.1. The molecule has 5 aromatic rings. The van der Waals surface area contributed by atoms with Crippen LogP contribution >= 0.6 is 0 Å². The van der Waals surface area contributed by atoms with Crippen molar-refractivity contribution in [3.8, 4) is 39.4 Å². The van der Waals surface area contributed by atoms with E-state index in [0.29, 0.717) is 29.4 Å². The zero-order valence-electron chi connectivity index (χ0n) is 19.6. The van der Waals surface area contributed by atoms with Gasteiger partial charge in [0.15, 0.2) is 5.65 Å². The maximum absolute atomic E-state index is 15.1. The van der Waals surface area contributed by atoms with E-state index in [1.807, 2.05) is 41.8 Å². The van der Waals surface area contributed by atoms with Crippen molar-refractivity contribution in [2.45, 2.75) is 20.1 Å². The number of nitrogens with zero attached hydrogens (tertiary/aromatic N) is 6. The number of ether oxygens (including phenoxy) is 2. The minimum Gasteiger partial charge on any atom is -0.480 e. The molecule has 0 N–H and O–H groups in total. The number of fused-ring (bicyclic) bond motifs is 1. The summed E-state index contributed by atoms with van der Waals surface area (Å²) >= 11 is 0. The van der Waals surface area contributed by atoms with Crippen LogP contribution < -0.4 is 4.74 Å². The first-order chi connectivity index (χ1) is 17.1. The highest BCUT2D eigenvalue weighted by molar-refractivity contribution is 5.90. The molecule has 0 aliphatic carbocycles. The van der Waals surface area contributed by atoms with Crippen molar-refractivity contribution in [1.29, 1.82) is 0 Å². The standard InChI is InChI=1S/C26H23FN6O2/c1-4-33-15-28-25-21(13-29-32-26(25)33)16-6-8-22(27)20(12-16)19-7-5-17(11-18(19)14-34-2)23-9-10-24(35-3)31-30-23/h5-13,15H,4,14H2,1-3H3. The van der Waals surface area contributed by atoms with Crippen LogP contribution in [0.3, 0.4) is 0 Å². The average Bonchev–Trinajstić information content (AvgIpc) is 3.33. The average molecular weight is 471 g/mol. The third-order valence-electron chi connectivity index (χ3n) is 5.86. The van der Waals surface area contributed by atoms with Gasteiger partial charge in [-0.05, 0) is 47.9 Å². The number of methoxy groups -OCH3 is 2. The van der Waals surface area contributed by atoms with Gasteiger partial charge in [-0.25, -0.2) is 9.37 Å². The van der Waals surface area contributed by atoms with Gasteiger partial charge < -0.3 is 14.0 Å². The second-order valence-electron chi connectivity index (χ2n) is 7.92.